The van der Waals surface area contributed by atoms with Crippen molar-refractivity contribution in [1.82, 2.24) is 4.90 Å². The van der Waals surface area contributed by atoms with Gasteiger partial charge >= 0.3 is 5.97 Å². The van der Waals surface area contributed by atoms with E-state index in [9.17, 15) is 9.90 Å². The summed E-state index contributed by atoms with van der Waals surface area (Å²) < 4.78 is 0. The molecule has 1 aliphatic carbocycles. The number of carboxylic acid groups (broad SMARTS) is 1. The second-order valence-electron chi connectivity index (χ2n) is 6.65. The standard InChI is InChI=1S/C13H23NO2/c1-11(2)6-5-7-12(3,4)14(11)13(8-9-13)10(15)16/h5-9H2,1-4H3,(H,15,16). The molecule has 1 N–H and O–H groups in total. The summed E-state index contributed by atoms with van der Waals surface area (Å²) in [5.74, 6) is -0.629. The number of carboxylic acids is 1. The predicted octanol–water partition coefficient (Wildman–Crippen LogP) is 2.65. The lowest BCUT2D eigenvalue weighted by Crippen LogP contribution is -2.65. The Morgan fingerprint density at radius 1 is 1.00 bits per heavy atom. The van der Waals surface area contributed by atoms with E-state index >= 15 is 0 Å². The zero-order valence-corrected chi connectivity index (χ0v) is 10.8. The van der Waals surface area contributed by atoms with E-state index < -0.39 is 11.5 Å². The molecule has 0 aromatic rings. The topological polar surface area (TPSA) is 40.5 Å². The molecule has 92 valence electrons. The molecule has 0 spiro atoms. The van der Waals surface area contributed by atoms with Gasteiger partial charge in [0.25, 0.3) is 0 Å². The summed E-state index contributed by atoms with van der Waals surface area (Å²) in [4.78, 5) is 13.8. The van der Waals surface area contributed by atoms with E-state index in [1.165, 1.54) is 6.42 Å². The van der Waals surface area contributed by atoms with E-state index in [-0.39, 0.29) is 11.1 Å². The molecule has 0 atom stereocenters. The molecule has 3 nitrogen and oxygen atoms in total. The average molecular weight is 225 g/mol. The van der Waals surface area contributed by atoms with Crippen LogP contribution < -0.4 is 0 Å². The van der Waals surface area contributed by atoms with Crippen LogP contribution in [-0.2, 0) is 4.79 Å². The molecular weight excluding hydrogens is 202 g/mol. The van der Waals surface area contributed by atoms with Gasteiger partial charge in [-0.15, -0.1) is 0 Å². The fraction of sp³-hybridized carbons (Fsp3) is 0.923. The monoisotopic (exact) mass is 225 g/mol. The van der Waals surface area contributed by atoms with Crippen molar-refractivity contribution < 1.29 is 9.90 Å². The summed E-state index contributed by atoms with van der Waals surface area (Å²) in [7, 11) is 0. The van der Waals surface area contributed by atoms with Crippen molar-refractivity contribution in [1.29, 1.82) is 0 Å². The molecular formula is C13H23NO2. The Balaban J connectivity index is 2.38. The minimum Gasteiger partial charge on any atom is -0.480 e. The molecule has 0 aromatic carbocycles. The summed E-state index contributed by atoms with van der Waals surface area (Å²) in [6, 6.07) is 0. The number of piperidine rings is 1. The maximum atomic E-state index is 11.5. The zero-order chi connectivity index (χ0) is 12.2. The van der Waals surface area contributed by atoms with Crippen LogP contribution in [0, 0.1) is 0 Å². The first-order valence-electron chi connectivity index (χ1n) is 6.26. The second-order valence-corrected chi connectivity index (χ2v) is 6.65. The first kappa shape index (κ1) is 11.9. The van der Waals surface area contributed by atoms with Crippen molar-refractivity contribution in [2.24, 2.45) is 0 Å². The molecule has 0 radical (unpaired) electrons. The highest BCUT2D eigenvalue weighted by Crippen LogP contribution is 2.53. The number of hydrogen-bond donors (Lipinski definition) is 1. The maximum absolute atomic E-state index is 11.5. The quantitative estimate of drug-likeness (QED) is 0.785. The van der Waals surface area contributed by atoms with E-state index in [4.69, 9.17) is 0 Å². The number of aliphatic carboxylic acids is 1. The fourth-order valence-electron chi connectivity index (χ4n) is 3.81. The van der Waals surface area contributed by atoms with Gasteiger partial charge in [0.15, 0.2) is 0 Å². The van der Waals surface area contributed by atoms with Crippen LogP contribution in [-0.4, -0.2) is 32.6 Å². The molecule has 1 heterocycles. The lowest BCUT2D eigenvalue weighted by Gasteiger charge is -2.55. The highest BCUT2D eigenvalue weighted by Gasteiger charge is 2.63. The van der Waals surface area contributed by atoms with Gasteiger partial charge in [0.05, 0.1) is 0 Å². The normalized spacial score (nSPS) is 31.0. The van der Waals surface area contributed by atoms with Crippen LogP contribution in [0.15, 0.2) is 0 Å². The average Bonchev–Trinajstić information content (AvgIpc) is 2.81. The SMILES string of the molecule is CC1(C)CCCC(C)(C)N1C1(C(=O)O)CC1. The Labute approximate surface area is 97.8 Å². The first-order valence-corrected chi connectivity index (χ1v) is 6.26. The van der Waals surface area contributed by atoms with E-state index in [1.54, 1.807) is 0 Å². The second kappa shape index (κ2) is 3.22. The van der Waals surface area contributed by atoms with Gasteiger partial charge in [-0.05, 0) is 59.8 Å². The third-order valence-electron chi connectivity index (χ3n) is 4.34. The van der Waals surface area contributed by atoms with E-state index in [0.29, 0.717) is 0 Å². The van der Waals surface area contributed by atoms with Crippen LogP contribution in [0.4, 0.5) is 0 Å². The van der Waals surface area contributed by atoms with E-state index in [2.05, 4.69) is 32.6 Å². The van der Waals surface area contributed by atoms with Crippen molar-refractivity contribution in [2.75, 3.05) is 0 Å². The summed E-state index contributed by atoms with van der Waals surface area (Å²) in [5, 5.41) is 9.48. The molecule has 2 rings (SSSR count). The fourth-order valence-corrected chi connectivity index (χ4v) is 3.81. The van der Waals surface area contributed by atoms with Crippen LogP contribution >= 0.6 is 0 Å². The van der Waals surface area contributed by atoms with E-state index in [1.807, 2.05) is 0 Å². The number of nitrogens with zero attached hydrogens (tertiary/aromatic N) is 1. The number of hydrogen-bond acceptors (Lipinski definition) is 2. The van der Waals surface area contributed by atoms with Crippen molar-refractivity contribution in [3.05, 3.63) is 0 Å². The Kier molecular flexibility index (Phi) is 2.40. The smallest absolute Gasteiger partial charge is 0.324 e. The van der Waals surface area contributed by atoms with Gasteiger partial charge in [-0.25, -0.2) is 0 Å². The molecule has 16 heavy (non-hydrogen) atoms. The Bertz CT molecular complexity index is 300. The molecule has 3 heteroatoms. The maximum Gasteiger partial charge on any atom is 0.324 e. The number of rotatable bonds is 2. The molecule has 0 amide bonds. The van der Waals surface area contributed by atoms with Gasteiger partial charge < -0.3 is 5.11 Å². The Morgan fingerprint density at radius 3 is 1.75 bits per heavy atom. The van der Waals surface area contributed by atoms with Gasteiger partial charge in [0, 0.05) is 11.1 Å². The summed E-state index contributed by atoms with van der Waals surface area (Å²) >= 11 is 0. The van der Waals surface area contributed by atoms with Crippen molar-refractivity contribution in [3.63, 3.8) is 0 Å². The molecule has 0 aromatic heterocycles. The zero-order valence-electron chi connectivity index (χ0n) is 10.8. The van der Waals surface area contributed by atoms with E-state index in [0.717, 1.165) is 25.7 Å². The molecule has 1 saturated carbocycles. The summed E-state index contributed by atoms with van der Waals surface area (Å²) in [6.07, 6.45) is 5.04. The molecule has 0 unspecified atom stereocenters. The predicted molar refractivity (Wildman–Crippen MR) is 63.4 cm³/mol. The lowest BCUT2D eigenvalue weighted by molar-refractivity contribution is -0.157. The van der Waals surface area contributed by atoms with Gasteiger partial charge in [0.2, 0.25) is 0 Å². The summed E-state index contributed by atoms with van der Waals surface area (Å²) in [6.45, 7) is 8.77. The molecule has 1 saturated heterocycles. The minimum atomic E-state index is -0.629. The van der Waals surface area contributed by atoms with Crippen molar-refractivity contribution >= 4 is 5.97 Å². The molecule has 2 fully saturated rings. The highest BCUT2D eigenvalue weighted by molar-refractivity contribution is 5.82. The minimum absolute atomic E-state index is 0.0106. The third kappa shape index (κ3) is 1.56. The largest absolute Gasteiger partial charge is 0.480 e. The Hall–Kier alpha value is -0.570. The van der Waals surface area contributed by atoms with Crippen LogP contribution in [0.25, 0.3) is 0 Å². The van der Waals surface area contributed by atoms with Gasteiger partial charge in [0.1, 0.15) is 5.54 Å². The number of carbonyl (C=O) groups is 1. The van der Waals surface area contributed by atoms with Gasteiger partial charge in [-0.2, -0.15) is 0 Å². The third-order valence-corrected chi connectivity index (χ3v) is 4.34. The van der Waals surface area contributed by atoms with Crippen LogP contribution in [0.1, 0.15) is 59.8 Å². The Morgan fingerprint density at radius 2 is 1.44 bits per heavy atom. The van der Waals surface area contributed by atoms with Crippen LogP contribution in [0.2, 0.25) is 0 Å². The first-order chi connectivity index (χ1) is 7.22. The van der Waals surface area contributed by atoms with Gasteiger partial charge in [-0.3, -0.25) is 9.69 Å². The van der Waals surface area contributed by atoms with Crippen molar-refractivity contribution in [3.8, 4) is 0 Å². The lowest BCUT2D eigenvalue weighted by atomic mass is 9.78. The molecule has 0 bridgehead atoms. The van der Waals surface area contributed by atoms with Crippen LogP contribution in [0.5, 0.6) is 0 Å². The van der Waals surface area contributed by atoms with Crippen LogP contribution in [0.3, 0.4) is 0 Å². The molecule has 1 aliphatic heterocycles. The molecule has 2 aliphatic rings. The van der Waals surface area contributed by atoms with Crippen molar-refractivity contribution in [2.45, 2.75) is 76.4 Å². The summed E-state index contributed by atoms with van der Waals surface area (Å²) in [5.41, 5.74) is -0.541. The number of likely N-dealkylation sites (tertiary alicyclic amines) is 1. The van der Waals surface area contributed by atoms with Gasteiger partial charge in [-0.1, -0.05) is 0 Å². The highest BCUT2D eigenvalue weighted by atomic mass is 16.4.